The van der Waals surface area contributed by atoms with Gasteiger partial charge in [0, 0.05) is 19.4 Å². The molecule has 0 aromatic carbocycles. The van der Waals surface area contributed by atoms with E-state index in [2.05, 4.69) is 15.3 Å². The number of anilines is 1. The minimum atomic E-state index is 0.486. The smallest absolute Gasteiger partial charge is 0.131 e. The van der Waals surface area contributed by atoms with Crippen LogP contribution in [0.5, 0.6) is 0 Å². The third kappa shape index (κ3) is 2.47. The van der Waals surface area contributed by atoms with Crippen LogP contribution in [0.3, 0.4) is 0 Å². The number of hydrogen-bond donors (Lipinski definition) is 1. The van der Waals surface area contributed by atoms with Crippen LogP contribution in [0.1, 0.15) is 5.82 Å². The van der Waals surface area contributed by atoms with E-state index in [0.29, 0.717) is 11.7 Å². The van der Waals surface area contributed by atoms with Gasteiger partial charge in [-0.3, -0.25) is 0 Å². The van der Waals surface area contributed by atoms with Crippen molar-refractivity contribution in [1.29, 1.82) is 0 Å². The van der Waals surface area contributed by atoms with Crippen LogP contribution in [-0.4, -0.2) is 14.5 Å². The Bertz CT molecular complexity index is 452. The summed E-state index contributed by atoms with van der Waals surface area (Å²) in [5.74, 6) is 1.71. The lowest BCUT2D eigenvalue weighted by atomic mass is 10.4. The molecule has 1 N–H and O–H groups in total. The number of halogens is 1. The van der Waals surface area contributed by atoms with Gasteiger partial charge in [0.1, 0.15) is 16.8 Å². The Hall–Kier alpha value is -1.55. The predicted octanol–water partition coefficient (Wildman–Crippen LogP) is 2.08. The average molecular weight is 223 g/mol. The molecule has 78 valence electrons. The van der Waals surface area contributed by atoms with Crippen molar-refractivity contribution in [1.82, 2.24) is 14.5 Å². The molecule has 0 amide bonds. The molecule has 15 heavy (non-hydrogen) atoms. The summed E-state index contributed by atoms with van der Waals surface area (Å²) in [6.45, 7) is 0.636. The van der Waals surface area contributed by atoms with Crippen molar-refractivity contribution in [3.8, 4) is 0 Å². The van der Waals surface area contributed by atoms with Gasteiger partial charge >= 0.3 is 0 Å². The lowest BCUT2D eigenvalue weighted by molar-refractivity contribution is 0.811. The third-order valence-electron chi connectivity index (χ3n) is 2.06. The highest BCUT2D eigenvalue weighted by Gasteiger charge is 1.99. The van der Waals surface area contributed by atoms with Crippen molar-refractivity contribution in [3.63, 3.8) is 0 Å². The van der Waals surface area contributed by atoms with Crippen LogP contribution >= 0.6 is 11.6 Å². The fraction of sp³-hybridized carbons (Fsp3) is 0.200. The molecule has 0 atom stereocenters. The van der Waals surface area contributed by atoms with Gasteiger partial charge in [-0.25, -0.2) is 9.97 Å². The SMILES string of the molecule is Cn1ccnc1CNc1cccc(Cl)n1. The van der Waals surface area contributed by atoms with Crippen LogP contribution in [0.4, 0.5) is 5.82 Å². The molecule has 0 saturated carbocycles. The van der Waals surface area contributed by atoms with Gasteiger partial charge in [0.05, 0.1) is 6.54 Å². The summed E-state index contributed by atoms with van der Waals surface area (Å²) in [4.78, 5) is 8.31. The zero-order chi connectivity index (χ0) is 10.7. The first-order valence-corrected chi connectivity index (χ1v) is 4.96. The van der Waals surface area contributed by atoms with Gasteiger partial charge in [-0.2, -0.15) is 0 Å². The maximum absolute atomic E-state index is 5.76. The van der Waals surface area contributed by atoms with Crippen LogP contribution in [0.15, 0.2) is 30.6 Å². The highest BCUT2D eigenvalue weighted by atomic mass is 35.5. The van der Waals surface area contributed by atoms with E-state index in [1.54, 1.807) is 12.3 Å². The molecule has 5 heteroatoms. The largest absolute Gasteiger partial charge is 0.363 e. The van der Waals surface area contributed by atoms with Gasteiger partial charge in [0.15, 0.2) is 0 Å². The molecule has 0 radical (unpaired) electrons. The second-order valence-corrected chi connectivity index (χ2v) is 3.54. The third-order valence-corrected chi connectivity index (χ3v) is 2.27. The highest BCUT2D eigenvalue weighted by molar-refractivity contribution is 6.29. The molecule has 2 heterocycles. The number of aromatic nitrogens is 3. The van der Waals surface area contributed by atoms with Crippen LogP contribution in [0, 0.1) is 0 Å². The second-order valence-electron chi connectivity index (χ2n) is 3.15. The Labute approximate surface area is 92.9 Å². The summed E-state index contributed by atoms with van der Waals surface area (Å²) in [7, 11) is 1.95. The van der Waals surface area contributed by atoms with E-state index >= 15 is 0 Å². The molecule has 2 aromatic heterocycles. The molecule has 0 saturated heterocycles. The summed E-state index contributed by atoms with van der Waals surface area (Å²) in [5, 5.41) is 3.64. The fourth-order valence-corrected chi connectivity index (χ4v) is 1.41. The number of aryl methyl sites for hydroxylation is 1. The maximum Gasteiger partial charge on any atom is 0.131 e. The molecular weight excluding hydrogens is 212 g/mol. The number of rotatable bonds is 3. The van der Waals surface area contributed by atoms with Gasteiger partial charge in [0.25, 0.3) is 0 Å². The van der Waals surface area contributed by atoms with E-state index in [4.69, 9.17) is 11.6 Å². The monoisotopic (exact) mass is 222 g/mol. The summed E-state index contributed by atoms with van der Waals surface area (Å²) < 4.78 is 1.96. The Morgan fingerprint density at radius 2 is 2.33 bits per heavy atom. The summed E-state index contributed by atoms with van der Waals surface area (Å²) in [6.07, 6.45) is 3.67. The minimum absolute atomic E-state index is 0.486. The Balaban J connectivity index is 2.02. The van der Waals surface area contributed by atoms with E-state index in [1.165, 1.54) is 0 Å². The van der Waals surface area contributed by atoms with Crippen molar-refractivity contribution in [2.75, 3.05) is 5.32 Å². The molecule has 0 spiro atoms. The molecular formula is C10H11ClN4. The summed E-state index contributed by atoms with van der Waals surface area (Å²) in [6, 6.07) is 5.47. The second kappa shape index (κ2) is 4.31. The molecule has 2 aromatic rings. The van der Waals surface area contributed by atoms with Gasteiger partial charge in [-0.1, -0.05) is 17.7 Å². The summed E-state index contributed by atoms with van der Waals surface area (Å²) >= 11 is 5.76. The molecule has 2 rings (SSSR count). The minimum Gasteiger partial charge on any atom is -0.363 e. The lowest BCUT2D eigenvalue weighted by Crippen LogP contribution is -2.06. The maximum atomic E-state index is 5.76. The van der Waals surface area contributed by atoms with E-state index in [-0.39, 0.29) is 0 Å². The Kier molecular flexibility index (Phi) is 2.87. The zero-order valence-corrected chi connectivity index (χ0v) is 9.07. The first kappa shape index (κ1) is 9.98. The van der Waals surface area contributed by atoms with Crippen molar-refractivity contribution >= 4 is 17.4 Å². The quantitative estimate of drug-likeness (QED) is 0.809. The Morgan fingerprint density at radius 1 is 1.47 bits per heavy atom. The lowest BCUT2D eigenvalue weighted by Gasteiger charge is -2.05. The van der Waals surface area contributed by atoms with Gasteiger partial charge < -0.3 is 9.88 Å². The highest BCUT2D eigenvalue weighted by Crippen LogP contribution is 2.09. The van der Waals surface area contributed by atoms with Crippen molar-refractivity contribution < 1.29 is 0 Å². The van der Waals surface area contributed by atoms with Gasteiger partial charge in [0.2, 0.25) is 0 Å². The number of nitrogens with zero attached hydrogens (tertiary/aromatic N) is 3. The molecule has 0 aliphatic carbocycles. The molecule has 4 nitrogen and oxygen atoms in total. The average Bonchev–Trinajstić information content (AvgIpc) is 2.61. The van der Waals surface area contributed by atoms with E-state index < -0.39 is 0 Å². The predicted molar refractivity (Wildman–Crippen MR) is 59.8 cm³/mol. The van der Waals surface area contributed by atoms with E-state index in [1.807, 2.05) is 29.9 Å². The topological polar surface area (TPSA) is 42.7 Å². The van der Waals surface area contributed by atoms with Gasteiger partial charge in [-0.15, -0.1) is 0 Å². The van der Waals surface area contributed by atoms with E-state index in [0.717, 1.165) is 11.6 Å². The molecule has 0 aliphatic heterocycles. The number of pyridine rings is 1. The standard InChI is InChI=1S/C10H11ClN4/c1-15-6-5-12-10(15)7-13-9-4-2-3-8(11)14-9/h2-6H,7H2,1H3,(H,13,14). The molecule has 0 fully saturated rings. The first-order chi connectivity index (χ1) is 7.25. The zero-order valence-electron chi connectivity index (χ0n) is 8.31. The van der Waals surface area contributed by atoms with Crippen LogP contribution < -0.4 is 5.32 Å². The molecule has 0 unspecified atom stereocenters. The summed E-state index contributed by atoms with van der Waals surface area (Å²) in [5.41, 5.74) is 0. The molecule has 0 bridgehead atoms. The Morgan fingerprint density at radius 3 is 3.00 bits per heavy atom. The van der Waals surface area contributed by atoms with Crippen LogP contribution in [-0.2, 0) is 13.6 Å². The normalized spacial score (nSPS) is 10.3. The molecule has 0 aliphatic rings. The van der Waals surface area contributed by atoms with Gasteiger partial charge in [-0.05, 0) is 12.1 Å². The first-order valence-electron chi connectivity index (χ1n) is 4.58. The van der Waals surface area contributed by atoms with Crippen LogP contribution in [0.2, 0.25) is 5.15 Å². The number of hydrogen-bond acceptors (Lipinski definition) is 3. The fourth-order valence-electron chi connectivity index (χ4n) is 1.24. The van der Waals surface area contributed by atoms with Crippen molar-refractivity contribution in [3.05, 3.63) is 41.6 Å². The van der Waals surface area contributed by atoms with Crippen LogP contribution in [0.25, 0.3) is 0 Å². The van der Waals surface area contributed by atoms with E-state index in [9.17, 15) is 0 Å². The number of imidazole rings is 1. The number of nitrogens with one attached hydrogen (secondary N) is 1. The van der Waals surface area contributed by atoms with Crippen molar-refractivity contribution in [2.45, 2.75) is 6.54 Å². The van der Waals surface area contributed by atoms with Crippen molar-refractivity contribution in [2.24, 2.45) is 7.05 Å².